The third-order valence-electron chi connectivity index (χ3n) is 8.62. The molecular weight excluding hydrogens is 663 g/mol. The second-order valence-corrected chi connectivity index (χ2v) is 19.1. The summed E-state index contributed by atoms with van der Waals surface area (Å²) in [6, 6.07) is 16.4. The number of hydrogen-bond donors (Lipinski definition) is 0. The Morgan fingerprint density at radius 2 is 1.62 bits per heavy atom. The van der Waals surface area contributed by atoms with Gasteiger partial charge < -0.3 is 0 Å². The summed E-state index contributed by atoms with van der Waals surface area (Å²) < 4.78 is 3.31. The Hall–Kier alpha value is -0.610. The molecule has 2 heterocycles. The van der Waals surface area contributed by atoms with Crippen LogP contribution in [0.25, 0.3) is 26.1 Å². The molecule has 40 heavy (non-hydrogen) atoms. The van der Waals surface area contributed by atoms with Crippen molar-refractivity contribution >= 4 is 76.8 Å². The van der Waals surface area contributed by atoms with E-state index in [1.807, 2.05) is 0 Å². The van der Waals surface area contributed by atoms with Crippen molar-refractivity contribution in [2.75, 3.05) is 0 Å². The van der Waals surface area contributed by atoms with Gasteiger partial charge in [0, 0.05) is 0 Å². The first-order valence-electron chi connectivity index (χ1n) is 13.9. The first-order chi connectivity index (χ1) is 18.0. The zero-order valence-electron chi connectivity index (χ0n) is 24.7. The van der Waals surface area contributed by atoms with Gasteiger partial charge in [-0.3, -0.25) is 0 Å². The molecule has 2 aliphatic carbocycles. The molecule has 0 saturated heterocycles. The van der Waals surface area contributed by atoms with Crippen molar-refractivity contribution in [2.24, 2.45) is 0 Å². The molecule has 0 nitrogen and oxygen atoms in total. The van der Waals surface area contributed by atoms with Crippen LogP contribution in [0.5, 0.6) is 0 Å². The fourth-order valence-corrected chi connectivity index (χ4v) is 13.4. The van der Waals surface area contributed by atoms with Crippen LogP contribution >= 0.6 is 47.9 Å². The van der Waals surface area contributed by atoms with E-state index in [4.69, 9.17) is 0 Å². The second-order valence-electron chi connectivity index (χ2n) is 12.4. The molecule has 3 aromatic rings. The van der Waals surface area contributed by atoms with Gasteiger partial charge in [-0.25, -0.2) is 0 Å². The van der Waals surface area contributed by atoms with Crippen LogP contribution in [0.2, 0.25) is 13.1 Å². The minimum absolute atomic E-state index is 0. The van der Waals surface area contributed by atoms with Gasteiger partial charge in [-0.1, -0.05) is 20.8 Å². The smallest absolute Gasteiger partial charge is 0.147 e. The van der Waals surface area contributed by atoms with E-state index in [-0.39, 0.29) is 30.2 Å². The summed E-state index contributed by atoms with van der Waals surface area (Å²) in [5.74, 6) is 0.382. The molecule has 6 heteroatoms. The van der Waals surface area contributed by atoms with Crippen molar-refractivity contribution in [1.82, 2.24) is 0 Å². The minimum Gasteiger partial charge on any atom is -0.147 e. The predicted molar refractivity (Wildman–Crippen MR) is 184 cm³/mol. The summed E-state index contributed by atoms with van der Waals surface area (Å²) >= 11 is 5.82. The molecule has 2 aromatic carbocycles. The van der Waals surface area contributed by atoms with E-state index in [0.29, 0.717) is 11.2 Å². The average molecular weight is 702 g/mol. The van der Waals surface area contributed by atoms with E-state index < -0.39 is 8.80 Å². The molecule has 1 aliphatic heterocycles. The summed E-state index contributed by atoms with van der Waals surface area (Å²) in [5.41, 5.74) is 12.1. The first kappa shape index (κ1) is 32.3. The minimum atomic E-state index is -0.941. The van der Waals surface area contributed by atoms with E-state index in [9.17, 15) is 0 Å². The third-order valence-corrected chi connectivity index (χ3v) is 15.4. The van der Waals surface area contributed by atoms with Crippen molar-refractivity contribution in [2.45, 2.75) is 77.6 Å². The molecule has 0 bridgehead atoms. The fraction of sp³-hybridized carbons (Fsp3) is 0.353. The quantitative estimate of drug-likeness (QED) is 0.247. The normalized spacial score (nSPS) is 19.4. The van der Waals surface area contributed by atoms with Gasteiger partial charge in [0.05, 0.1) is 0 Å². The summed E-state index contributed by atoms with van der Waals surface area (Å²) in [6.45, 7) is 19.0. The topological polar surface area (TPSA) is 0 Å². The maximum Gasteiger partial charge on any atom is -0.147 e. The standard InChI is InChI=1S/C34H37S2Si.2ClH.Zr/c1-9-21-17-26-24(22-13-15-23(16-14-22)34(4,5)6)11-10-12-25(26)30(21)29-19(2)35-27-18-28-32(31(27)29)33(37(7)8)20(3)36-28;;;/h10-17,27,30,37H,9H2,1-8H3;2*1H;. The second kappa shape index (κ2) is 11.8. The van der Waals surface area contributed by atoms with E-state index >= 15 is 0 Å². The van der Waals surface area contributed by atoms with Gasteiger partial charge in [0.1, 0.15) is 0 Å². The van der Waals surface area contributed by atoms with Crippen molar-refractivity contribution in [3.05, 3.63) is 89.8 Å². The van der Waals surface area contributed by atoms with Gasteiger partial charge in [0.25, 0.3) is 0 Å². The van der Waals surface area contributed by atoms with Gasteiger partial charge >= 0.3 is 229 Å². The van der Waals surface area contributed by atoms with Crippen molar-refractivity contribution in [3.8, 4) is 11.1 Å². The molecule has 2 unspecified atom stereocenters. The Labute approximate surface area is 277 Å². The number of rotatable bonds is 4. The molecule has 3 aliphatic rings. The number of allylic oxidation sites excluding steroid dienone is 3. The molecular formula is C34H39Cl2S2SiZr. The number of halogens is 2. The fourth-order valence-electron chi connectivity index (χ4n) is 6.80. The molecule has 209 valence electrons. The van der Waals surface area contributed by atoms with Crippen LogP contribution < -0.4 is 14.9 Å². The van der Waals surface area contributed by atoms with Crippen LogP contribution in [0.15, 0.2) is 58.5 Å². The largest absolute Gasteiger partial charge is 0.147 e. The van der Waals surface area contributed by atoms with Crippen molar-refractivity contribution in [3.63, 3.8) is 0 Å². The van der Waals surface area contributed by atoms with Gasteiger partial charge in [0.2, 0.25) is 0 Å². The number of thioether (sulfide) groups is 1. The number of aryl methyl sites for hydroxylation is 1. The molecule has 1 aromatic heterocycles. The van der Waals surface area contributed by atoms with E-state index in [0.717, 1.165) is 6.42 Å². The number of hydrogen-bond acceptors (Lipinski definition) is 2. The summed E-state index contributed by atoms with van der Waals surface area (Å²) in [4.78, 5) is 3.13. The Morgan fingerprint density at radius 3 is 2.23 bits per heavy atom. The molecule has 2 atom stereocenters. The summed E-state index contributed by atoms with van der Waals surface area (Å²) in [6.07, 6.45) is 3.64. The number of fused-ring (bicyclic) bond motifs is 3. The maximum atomic E-state index is 2.54. The zero-order valence-corrected chi connectivity index (χ0v) is 31.6. The van der Waals surface area contributed by atoms with E-state index in [2.05, 4.69) is 126 Å². The van der Waals surface area contributed by atoms with Gasteiger partial charge in [-0.15, -0.1) is 24.8 Å². The molecule has 0 N–H and O–H groups in total. The van der Waals surface area contributed by atoms with Crippen LogP contribution in [0.1, 0.15) is 68.5 Å². The van der Waals surface area contributed by atoms with E-state index in [1.54, 1.807) is 69.4 Å². The van der Waals surface area contributed by atoms with Crippen LogP contribution in [0.3, 0.4) is 0 Å². The number of benzene rings is 2. The monoisotopic (exact) mass is 699 g/mol. The molecule has 0 fully saturated rings. The molecule has 0 saturated carbocycles. The van der Waals surface area contributed by atoms with Crippen LogP contribution in [0.4, 0.5) is 0 Å². The van der Waals surface area contributed by atoms with Gasteiger partial charge in [0.15, 0.2) is 0 Å². The third kappa shape index (κ3) is 5.01. The Bertz CT molecular complexity index is 1670. The summed E-state index contributed by atoms with van der Waals surface area (Å²) in [5, 5.41) is 3.96. The Balaban J connectivity index is 0.00000185. The number of thiophene rings is 1. The molecule has 6 rings (SSSR count). The maximum absolute atomic E-state index is 2.54. The van der Waals surface area contributed by atoms with Crippen LogP contribution in [-0.4, -0.2) is 14.0 Å². The SMILES string of the molecule is CCC1=Cc2c(-c3ccc(C(C)(C)C)cc3)cccc2C1C1=C(C)SC2[C]([Zr])=c3sc(C)c([SiH](C)C)c3=C12.Cl.Cl. The molecule has 0 radical (unpaired) electrons. The Kier molecular flexibility index (Phi) is 9.54. The average Bonchev–Trinajstić information content (AvgIpc) is 3.57. The van der Waals surface area contributed by atoms with Gasteiger partial charge in [-0.05, 0) is 5.41 Å². The van der Waals surface area contributed by atoms with Crippen LogP contribution in [0, 0.1) is 6.92 Å². The first-order valence-corrected chi connectivity index (χ1v) is 19.8. The van der Waals surface area contributed by atoms with Crippen molar-refractivity contribution < 1.29 is 24.7 Å². The zero-order chi connectivity index (χ0) is 27.1. The van der Waals surface area contributed by atoms with Gasteiger partial charge in [-0.2, -0.15) is 0 Å². The molecule has 0 spiro atoms. The molecule has 0 amide bonds. The Morgan fingerprint density at radius 1 is 0.950 bits per heavy atom. The van der Waals surface area contributed by atoms with E-state index in [1.165, 1.54) is 27.8 Å². The van der Waals surface area contributed by atoms with Crippen LogP contribution in [-0.2, 0) is 30.1 Å². The predicted octanol–water partition coefficient (Wildman–Crippen LogP) is 8.36. The van der Waals surface area contributed by atoms with Crippen molar-refractivity contribution in [1.29, 1.82) is 0 Å². The summed E-state index contributed by atoms with van der Waals surface area (Å²) in [7, 11) is -0.941.